The predicted octanol–water partition coefficient (Wildman–Crippen LogP) is 1.91. The van der Waals surface area contributed by atoms with E-state index >= 15 is 0 Å². The summed E-state index contributed by atoms with van der Waals surface area (Å²) >= 11 is 3.92. The van der Waals surface area contributed by atoms with Crippen LogP contribution in [0.5, 0.6) is 0 Å². The normalized spacial score (nSPS) is 20.4. The van der Waals surface area contributed by atoms with E-state index in [2.05, 4.69) is 17.4 Å². The summed E-state index contributed by atoms with van der Waals surface area (Å²) in [5.74, 6) is 3.53. The molecule has 3 nitrogen and oxygen atoms in total. The minimum atomic E-state index is -0.406. The van der Waals surface area contributed by atoms with Crippen LogP contribution in [-0.2, 0) is 11.2 Å². The molecule has 0 aliphatic carbocycles. The zero-order valence-corrected chi connectivity index (χ0v) is 13.2. The Hall–Kier alpha value is -0.650. The highest BCUT2D eigenvalue weighted by Gasteiger charge is 2.18. The number of thioether (sulfide) groups is 2. The second-order valence-corrected chi connectivity index (χ2v) is 7.50. The predicted molar refractivity (Wildman–Crippen MR) is 89.3 cm³/mol. The van der Waals surface area contributed by atoms with Gasteiger partial charge in [-0.25, -0.2) is 0 Å². The van der Waals surface area contributed by atoms with Crippen molar-refractivity contribution in [3.8, 4) is 0 Å². The maximum atomic E-state index is 12.0. The van der Waals surface area contributed by atoms with Crippen molar-refractivity contribution >= 4 is 29.4 Å². The molecule has 3 N–H and O–H groups in total. The van der Waals surface area contributed by atoms with Crippen molar-refractivity contribution in [3.63, 3.8) is 0 Å². The van der Waals surface area contributed by atoms with E-state index in [0.717, 1.165) is 18.7 Å². The van der Waals surface area contributed by atoms with Gasteiger partial charge in [-0.3, -0.25) is 4.79 Å². The van der Waals surface area contributed by atoms with Gasteiger partial charge in [0.05, 0.1) is 6.04 Å². The van der Waals surface area contributed by atoms with E-state index < -0.39 is 6.04 Å². The number of aryl methyl sites for hydroxylation is 1. The van der Waals surface area contributed by atoms with Crippen LogP contribution in [0.15, 0.2) is 30.3 Å². The molecule has 1 aliphatic heterocycles. The maximum Gasteiger partial charge on any atom is 0.236 e. The lowest BCUT2D eigenvalue weighted by Crippen LogP contribution is -2.44. The summed E-state index contributed by atoms with van der Waals surface area (Å²) in [6.45, 7) is 0.746. The third-order valence-electron chi connectivity index (χ3n) is 3.31. The van der Waals surface area contributed by atoms with E-state index in [4.69, 9.17) is 5.73 Å². The standard InChI is InChI=1S/C15H22N2OS2/c16-14(7-6-12-4-2-1-3-5-12)15(18)17-10-13-11-19-8-9-20-13/h1-5,13-14H,6-11,16H2,(H,17,18)/t13?,14-/m0/s1. The van der Waals surface area contributed by atoms with Crippen LogP contribution in [0.1, 0.15) is 12.0 Å². The minimum absolute atomic E-state index is 0.0166. The first-order chi connectivity index (χ1) is 9.75. The van der Waals surface area contributed by atoms with E-state index in [1.165, 1.54) is 17.1 Å². The number of hydrogen-bond donors (Lipinski definition) is 2. The fraction of sp³-hybridized carbons (Fsp3) is 0.533. The molecule has 2 rings (SSSR count). The first-order valence-corrected chi connectivity index (χ1v) is 9.22. The number of benzene rings is 1. The molecule has 20 heavy (non-hydrogen) atoms. The molecule has 2 atom stereocenters. The summed E-state index contributed by atoms with van der Waals surface area (Å²) in [6, 6.07) is 9.76. The smallest absolute Gasteiger partial charge is 0.236 e. The van der Waals surface area contributed by atoms with Gasteiger partial charge in [-0.2, -0.15) is 23.5 Å². The van der Waals surface area contributed by atoms with Gasteiger partial charge in [-0.05, 0) is 18.4 Å². The van der Waals surface area contributed by atoms with Gasteiger partial charge in [0.15, 0.2) is 0 Å². The molecule has 1 amide bonds. The van der Waals surface area contributed by atoms with Crippen LogP contribution < -0.4 is 11.1 Å². The maximum absolute atomic E-state index is 12.0. The molecule has 1 heterocycles. The zero-order chi connectivity index (χ0) is 14.2. The lowest BCUT2D eigenvalue weighted by molar-refractivity contribution is -0.122. The Morgan fingerprint density at radius 3 is 2.85 bits per heavy atom. The van der Waals surface area contributed by atoms with E-state index in [-0.39, 0.29) is 5.91 Å². The number of nitrogens with two attached hydrogens (primary N) is 1. The fourth-order valence-corrected chi connectivity index (χ4v) is 4.71. The van der Waals surface area contributed by atoms with Crippen molar-refractivity contribution in [3.05, 3.63) is 35.9 Å². The molecule has 0 spiro atoms. The topological polar surface area (TPSA) is 55.1 Å². The average Bonchev–Trinajstić information content (AvgIpc) is 2.52. The Labute approximate surface area is 129 Å². The Morgan fingerprint density at radius 2 is 2.15 bits per heavy atom. The quantitative estimate of drug-likeness (QED) is 0.843. The van der Waals surface area contributed by atoms with Gasteiger partial charge in [0, 0.05) is 29.1 Å². The summed E-state index contributed by atoms with van der Waals surface area (Å²) < 4.78 is 0. The molecule has 1 unspecified atom stereocenters. The van der Waals surface area contributed by atoms with Gasteiger partial charge in [-0.15, -0.1) is 0 Å². The molecule has 0 bridgehead atoms. The molecule has 1 fully saturated rings. The number of amides is 1. The van der Waals surface area contributed by atoms with Crippen molar-refractivity contribution in [1.29, 1.82) is 0 Å². The third-order valence-corrected chi connectivity index (χ3v) is 6.16. The van der Waals surface area contributed by atoms with E-state index in [1.54, 1.807) is 0 Å². The van der Waals surface area contributed by atoms with Crippen molar-refractivity contribution in [2.75, 3.05) is 23.8 Å². The monoisotopic (exact) mass is 310 g/mol. The Bertz CT molecular complexity index is 408. The SMILES string of the molecule is N[C@@H](CCc1ccccc1)C(=O)NCC1CSCCS1. The summed E-state index contributed by atoms with van der Waals surface area (Å²) in [7, 11) is 0. The van der Waals surface area contributed by atoms with Crippen LogP contribution in [-0.4, -0.2) is 41.0 Å². The zero-order valence-electron chi connectivity index (χ0n) is 11.6. The first kappa shape index (κ1) is 15.7. The van der Waals surface area contributed by atoms with Crippen molar-refractivity contribution in [2.45, 2.75) is 24.1 Å². The van der Waals surface area contributed by atoms with Gasteiger partial charge >= 0.3 is 0 Å². The molecule has 1 aromatic rings. The molecule has 5 heteroatoms. The molecular formula is C15H22N2OS2. The van der Waals surface area contributed by atoms with E-state index in [9.17, 15) is 4.79 Å². The van der Waals surface area contributed by atoms with E-state index in [0.29, 0.717) is 11.7 Å². The van der Waals surface area contributed by atoms with Gasteiger partial charge in [0.2, 0.25) is 5.91 Å². The largest absolute Gasteiger partial charge is 0.354 e. The molecule has 0 saturated carbocycles. The van der Waals surface area contributed by atoms with Crippen LogP contribution in [0, 0.1) is 0 Å². The molecule has 1 aromatic carbocycles. The lowest BCUT2D eigenvalue weighted by atomic mass is 10.1. The second kappa shape index (κ2) is 8.60. The van der Waals surface area contributed by atoms with Crippen LogP contribution in [0.4, 0.5) is 0 Å². The highest BCUT2D eigenvalue weighted by Crippen LogP contribution is 2.23. The second-order valence-electron chi connectivity index (χ2n) is 4.94. The number of hydrogen-bond acceptors (Lipinski definition) is 4. The van der Waals surface area contributed by atoms with Gasteiger partial charge in [-0.1, -0.05) is 30.3 Å². The van der Waals surface area contributed by atoms with Crippen molar-refractivity contribution < 1.29 is 4.79 Å². The Kier molecular flexibility index (Phi) is 6.76. The summed E-state index contributed by atoms with van der Waals surface area (Å²) in [6.07, 6.45) is 1.55. The first-order valence-electron chi connectivity index (χ1n) is 7.02. The highest BCUT2D eigenvalue weighted by molar-refractivity contribution is 8.06. The Balaban J connectivity index is 1.66. The minimum Gasteiger partial charge on any atom is -0.354 e. The van der Waals surface area contributed by atoms with E-state index in [1.807, 2.05) is 41.7 Å². The van der Waals surface area contributed by atoms with Gasteiger partial charge < -0.3 is 11.1 Å². The molecule has 1 saturated heterocycles. The number of rotatable bonds is 6. The number of carbonyl (C=O) groups excluding carboxylic acids is 1. The fourth-order valence-electron chi connectivity index (χ4n) is 2.10. The molecular weight excluding hydrogens is 288 g/mol. The third kappa shape index (κ3) is 5.38. The molecule has 110 valence electrons. The molecule has 0 radical (unpaired) electrons. The number of nitrogens with one attached hydrogen (secondary N) is 1. The number of carbonyl (C=O) groups is 1. The van der Waals surface area contributed by atoms with Crippen LogP contribution in [0.25, 0.3) is 0 Å². The van der Waals surface area contributed by atoms with Crippen LogP contribution in [0.3, 0.4) is 0 Å². The lowest BCUT2D eigenvalue weighted by Gasteiger charge is -2.22. The molecule has 1 aliphatic rings. The highest BCUT2D eigenvalue weighted by atomic mass is 32.2. The van der Waals surface area contributed by atoms with Crippen molar-refractivity contribution in [2.24, 2.45) is 5.73 Å². The molecule has 0 aromatic heterocycles. The summed E-state index contributed by atoms with van der Waals surface area (Å²) in [5.41, 5.74) is 7.19. The summed E-state index contributed by atoms with van der Waals surface area (Å²) in [4.78, 5) is 12.0. The van der Waals surface area contributed by atoms with Gasteiger partial charge in [0.25, 0.3) is 0 Å². The average molecular weight is 310 g/mol. The summed E-state index contributed by atoms with van der Waals surface area (Å²) in [5, 5.41) is 3.53. The van der Waals surface area contributed by atoms with Gasteiger partial charge in [0.1, 0.15) is 0 Å². The van der Waals surface area contributed by atoms with Crippen molar-refractivity contribution in [1.82, 2.24) is 5.32 Å². The van der Waals surface area contributed by atoms with Crippen LogP contribution >= 0.6 is 23.5 Å². The Morgan fingerprint density at radius 1 is 1.35 bits per heavy atom. The van der Waals surface area contributed by atoms with Crippen LogP contribution in [0.2, 0.25) is 0 Å².